The van der Waals surface area contributed by atoms with Gasteiger partial charge in [-0.3, -0.25) is 4.79 Å². The summed E-state index contributed by atoms with van der Waals surface area (Å²) in [4.78, 5) is 15.2. The van der Waals surface area contributed by atoms with Crippen molar-refractivity contribution in [2.24, 2.45) is 0 Å². The number of rotatable bonds is 9. The highest BCUT2D eigenvalue weighted by Gasteiger charge is 2.28. The van der Waals surface area contributed by atoms with Crippen molar-refractivity contribution in [2.75, 3.05) is 51.8 Å². The number of ether oxygens (including phenoxy) is 2. The van der Waals surface area contributed by atoms with Crippen LogP contribution in [0.15, 0.2) is 41.3 Å². The Hall–Kier alpha value is -2.33. The molecular formula is C23H30ClN3O5S. The van der Waals surface area contributed by atoms with Gasteiger partial charge < -0.3 is 19.7 Å². The molecule has 1 heterocycles. The molecule has 10 heteroatoms. The van der Waals surface area contributed by atoms with Crippen LogP contribution in [0.4, 0.5) is 5.69 Å². The van der Waals surface area contributed by atoms with E-state index < -0.39 is 15.9 Å². The van der Waals surface area contributed by atoms with Gasteiger partial charge in [0.05, 0.1) is 23.6 Å². The third-order valence-electron chi connectivity index (χ3n) is 5.47. The van der Waals surface area contributed by atoms with Crippen molar-refractivity contribution in [3.8, 4) is 11.5 Å². The number of carbonyl (C=O) groups excluding carboxylic acids is 1. The van der Waals surface area contributed by atoms with E-state index in [2.05, 4.69) is 17.1 Å². The van der Waals surface area contributed by atoms with Crippen LogP contribution >= 0.6 is 11.6 Å². The number of piperazine rings is 1. The number of methoxy groups -OCH3 is 1. The average Bonchev–Trinajstić information content (AvgIpc) is 2.83. The van der Waals surface area contributed by atoms with Crippen molar-refractivity contribution < 1.29 is 22.7 Å². The molecule has 1 saturated heterocycles. The first-order valence-electron chi connectivity index (χ1n) is 10.9. The van der Waals surface area contributed by atoms with E-state index in [1.165, 1.54) is 29.6 Å². The number of carbonyl (C=O) groups is 1. The Morgan fingerprint density at radius 2 is 1.76 bits per heavy atom. The normalized spacial score (nSPS) is 15.3. The maximum absolute atomic E-state index is 12.9. The monoisotopic (exact) mass is 495 g/mol. The molecule has 0 aliphatic carbocycles. The molecule has 0 radical (unpaired) electrons. The lowest BCUT2D eigenvalue weighted by molar-refractivity contribution is 0.102. The van der Waals surface area contributed by atoms with Crippen LogP contribution in [0.5, 0.6) is 11.5 Å². The summed E-state index contributed by atoms with van der Waals surface area (Å²) in [7, 11) is -2.09. The summed E-state index contributed by atoms with van der Waals surface area (Å²) < 4.78 is 38.3. The Bertz CT molecular complexity index is 1070. The predicted molar refractivity (Wildman–Crippen MR) is 129 cm³/mol. The largest absolute Gasteiger partial charge is 0.493 e. The zero-order valence-corrected chi connectivity index (χ0v) is 20.7. The number of halogens is 1. The number of hydrogen-bond acceptors (Lipinski definition) is 6. The maximum atomic E-state index is 12.9. The molecule has 1 aliphatic rings. The van der Waals surface area contributed by atoms with Crippen LogP contribution in [-0.4, -0.2) is 70.0 Å². The molecule has 180 valence electrons. The second-order valence-corrected chi connectivity index (χ2v) is 10.00. The molecule has 1 fully saturated rings. The van der Waals surface area contributed by atoms with Gasteiger partial charge in [-0.2, -0.15) is 4.31 Å². The first-order chi connectivity index (χ1) is 15.8. The fourth-order valence-corrected chi connectivity index (χ4v) is 5.23. The topological polar surface area (TPSA) is 88.2 Å². The molecule has 0 atom stereocenters. The van der Waals surface area contributed by atoms with Gasteiger partial charge in [0.2, 0.25) is 10.0 Å². The minimum atomic E-state index is -3.57. The van der Waals surface area contributed by atoms with Gasteiger partial charge in [0.15, 0.2) is 11.5 Å². The molecule has 1 N–H and O–H groups in total. The summed E-state index contributed by atoms with van der Waals surface area (Å²) in [5, 5.41) is 3.04. The van der Waals surface area contributed by atoms with Crippen molar-refractivity contribution in [1.82, 2.24) is 9.21 Å². The summed E-state index contributed by atoms with van der Waals surface area (Å²) >= 11 is 6.30. The number of nitrogens with one attached hydrogen (secondary N) is 1. The molecule has 1 aliphatic heterocycles. The van der Waals surface area contributed by atoms with Crippen LogP contribution in [-0.2, 0) is 10.0 Å². The Balaban J connectivity index is 1.71. The van der Waals surface area contributed by atoms with Gasteiger partial charge in [0.25, 0.3) is 5.91 Å². The molecule has 8 nitrogen and oxygen atoms in total. The SMILES string of the molecule is CCCOc1c(Cl)cc(C(=O)Nc2ccc(S(=O)(=O)N3CCN(CC)CC3)cc2)cc1OC. The van der Waals surface area contributed by atoms with Gasteiger partial charge in [-0.25, -0.2) is 8.42 Å². The molecule has 0 bridgehead atoms. The molecule has 0 spiro atoms. The van der Waals surface area contributed by atoms with Gasteiger partial charge in [0.1, 0.15) is 0 Å². The highest BCUT2D eigenvalue weighted by atomic mass is 35.5. The van der Waals surface area contributed by atoms with E-state index in [-0.39, 0.29) is 9.92 Å². The van der Waals surface area contributed by atoms with E-state index in [1.807, 2.05) is 6.92 Å². The standard InChI is InChI=1S/C23H30ClN3O5S/c1-4-14-32-22-20(24)15-17(16-21(22)31-3)23(28)25-18-6-8-19(9-7-18)33(29,30)27-12-10-26(5-2)11-13-27/h6-9,15-16H,4-5,10-14H2,1-3H3,(H,25,28). The second-order valence-electron chi connectivity index (χ2n) is 7.65. The maximum Gasteiger partial charge on any atom is 0.255 e. The zero-order valence-electron chi connectivity index (χ0n) is 19.1. The van der Waals surface area contributed by atoms with Crippen LogP contribution in [0, 0.1) is 0 Å². The average molecular weight is 496 g/mol. The van der Waals surface area contributed by atoms with Crippen LogP contribution < -0.4 is 14.8 Å². The first kappa shape index (κ1) is 25.3. The minimum absolute atomic E-state index is 0.201. The Labute approximate surface area is 200 Å². The number of sulfonamides is 1. The fourth-order valence-electron chi connectivity index (χ4n) is 3.54. The van der Waals surface area contributed by atoms with Crippen molar-refractivity contribution in [2.45, 2.75) is 25.2 Å². The number of hydrogen-bond donors (Lipinski definition) is 1. The summed E-state index contributed by atoms with van der Waals surface area (Å²) in [6.07, 6.45) is 0.808. The molecule has 2 aromatic rings. The van der Waals surface area contributed by atoms with E-state index in [0.717, 1.165) is 26.1 Å². The number of amides is 1. The summed E-state index contributed by atoms with van der Waals surface area (Å²) in [6, 6.07) is 9.23. The van der Waals surface area contributed by atoms with E-state index >= 15 is 0 Å². The van der Waals surface area contributed by atoms with Crippen molar-refractivity contribution in [1.29, 1.82) is 0 Å². The molecule has 1 amide bonds. The quantitative estimate of drug-likeness (QED) is 0.570. The second kappa shape index (κ2) is 11.2. The van der Waals surface area contributed by atoms with Crippen molar-refractivity contribution >= 4 is 33.2 Å². The number of anilines is 1. The number of nitrogens with zero attached hydrogens (tertiary/aromatic N) is 2. The van der Waals surface area contributed by atoms with E-state index in [1.54, 1.807) is 18.2 Å². The van der Waals surface area contributed by atoms with Crippen LogP contribution in [0.25, 0.3) is 0 Å². The Morgan fingerprint density at radius 3 is 2.33 bits per heavy atom. The summed E-state index contributed by atoms with van der Waals surface area (Å²) in [6.45, 7) is 7.81. The molecule has 0 saturated carbocycles. The zero-order chi connectivity index (χ0) is 24.0. The summed E-state index contributed by atoms with van der Waals surface area (Å²) in [5.74, 6) is 0.362. The number of benzene rings is 2. The number of likely N-dealkylation sites (N-methyl/N-ethyl adjacent to an activating group) is 1. The Morgan fingerprint density at radius 1 is 1.09 bits per heavy atom. The van der Waals surface area contributed by atoms with E-state index in [9.17, 15) is 13.2 Å². The molecule has 0 unspecified atom stereocenters. The van der Waals surface area contributed by atoms with Gasteiger partial charge in [-0.05, 0) is 49.4 Å². The van der Waals surface area contributed by atoms with Crippen LogP contribution in [0.3, 0.4) is 0 Å². The van der Waals surface area contributed by atoms with Gasteiger partial charge in [-0.15, -0.1) is 0 Å². The molecular weight excluding hydrogens is 466 g/mol. The lowest BCUT2D eigenvalue weighted by Gasteiger charge is -2.33. The summed E-state index contributed by atoms with van der Waals surface area (Å²) in [5.41, 5.74) is 0.766. The molecule has 33 heavy (non-hydrogen) atoms. The minimum Gasteiger partial charge on any atom is -0.493 e. The van der Waals surface area contributed by atoms with Crippen molar-refractivity contribution in [3.05, 3.63) is 47.0 Å². The lowest BCUT2D eigenvalue weighted by Crippen LogP contribution is -2.48. The van der Waals surface area contributed by atoms with E-state index in [0.29, 0.717) is 42.4 Å². The highest BCUT2D eigenvalue weighted by Crippen LogP contribution is 2.36. The first-order valence-corrected chi connectivity index (χ1v) is 12.8. The lowest BCUT2D eigenvalue weighted by atomic mass is 10.1. The van der Waals surface area contributed by atoms with Gasteiger partial charge in [0, 0.05) is 37.4 Å². The van der Waals surface area contributed by atoms with Gasteiger partial charge >= 0.3 is 0 Å². The predicted octanol–water partition coefficient (Wildman–Crippen LogP) is 3.72. The van der Waals surface area contributed by atoms with Gasteiger partial charge in [-0.1, -0.05) is 25.4 Å². The van der Waals surface area contributed by atoms with E-state index in [4.69, 9.17) is 21.1 Å². The van der Waals surface area contributed by atoms with Crippen molar-refractivity contribution in [3.63, 3.8) is 0 Å². The van der Waals surface area contributed by atoms with Crippen LogP contribution in [0.2, 0.25) is 5.02 Å². The smallest absolute Gasteiger partial charge is 0.255 e. The Kier molecular flexibility index (Phi) is 8.58. The third kappa shape index (κ3) is 5.97. The molecule has 0 aromatic heterocycles. The van der Waals surface area contributed by atoms with Crippen LogP contribution in [0.1, 0.15) is 30.6 Å². The molecule has 2 aromatic carbocycles. The fraction of sp³-hybridized carbons (Fsp3) is 0.435. The highest BCUT2D eigenvalue weighted by molar-refractivity contribution is 7.89. The molecule has 3 rings (SSSR count). The third-order valence-corrected chi connectivity index (χ3v) is 7.66.